The van der Waals surface area contributed by atoms with Gasteiger partial charge in [0.1, 0.15) is 0 Å². The first-order chi connectivity index (χ1) is 5.18. The van der Waals surface area contributed by atoms with Crippen LogP contribution in [0.2, 0.25) is 0 Å². The molecule has 0 spiro atoms. The fourth-order valence-corrected chi connectivity index (χ4v) is 1.50. The fraction of sp³-hybridized carbons (Fsp3) is 0.889. The molecule has 0 aromatic heterocycles. The highest BCUT2D eigenvalue weighted by Crippen LogP contribution is 2.39. The minimum Gasteiger partial charge on any atom is -0.353 e. The van der Waals surface area contributed by atoms with Crippen molar-refractivity contribution in [2.24, 2.45) is 17.8 Å². The fourth-order valence-electron chi connectivity index (χ4n) is 1.50. The normalized spacial score (nSPS) is 46.7. The van der Waals surface area contributed by atoms with Gasteiger partial charge in [-0.3, -0.25) is 4.79 Å². The van der Waals surface area contributed by atoms with Gasteiger partial charge < -0.3 is 5.32 Å². The number of carbonyl (C=O) groups excluding carboxylic acids is 1. The number of nitrogens with one attached hydrogen (secondary N) is 1. The summed E-state index contributed by atoms with van der Waals surface area (Å²) in [6.45, 7) is 4.32. The predicted molar refractivity (Wildman–Crippen MR) is 43.0 cm³/mol. The van der Waals surface area contributed by atoms with Crippen molar-refractivity contribution >= 4 is 5.91 Å². The quantitative estimate of drug-likeness (QED) is 0.634. The lowest BCUT2D eigenvalue weighted by Crippen LogP contribution is -2.28. The van der Waals surface area contributed by atoms with E-state index in [0.29, 0.717) is 23.8 Å². The molecular weight excluding hydrogens is 138 g/mol. The monoisotopic (exact) mass is 153 g/mol. The molecule has 1 N–H and O–H groups in total. The van der Waals surface area contributed by atoms with E-state index in [0.717, 1.165) is 12.3 Å². The summed E-state index contributed by atoms with van der Waals surface area (Å²) in [5, 5.41) is 3.06. The van der Waals surface area contributed by atoms with E-state index in [-0.39, 0.29) is 0 Å². The zero-order valence-corrected chi connectivity index (χ0v) is 7.13. The van der Waals surface area contributed by atoms with Gasteiger partial charge in [-0.2, -0.15) is 0 Å². The van der Waals surface area contributed by atoms with Crippen molar-refractivity contribution in [3.05, 3.63) is 0 Å². The molecular formula is C9H15NO. The van der Waals surface area contributed by atoms with E-state index in [9.17, 15) is 4.79 Å². The maximum Gasteiger partial charge on any atom is 0.223 e. The highest BCUT2D eigenvalue weighted by Gasteiger charge is 2.42. The van der Waals surface area contributed by atoms with Gasteiger partial charge in [0, 0.05) is 12.0 Å². The SMILES string of the molecule is CC1CC1NC(=O)[C@H]1C[C@@H]1C. The van der Waals surface area contributed by atoms with Crippen LogP contribution >= 0.6 is 0 Å². The lowest BCUT2D eigenvalue weighted by molar-refractivity contribution is -0.122. The summed E-state index contributed by atoms with van der Waals surface area (Å²) < 4.78 is 0. The van der Waals surface area contributed by atoms with Crippen molar-refractivity contribution in [2.45, 2.75) is 32.7 Å². The highest BCUT2D eigenvalue weighted by atomic mass is 16.2. The van der Waals surface area contributed by atoms with Gasteiger partial charge in [-0.25, -0.2) is 0 Å². The minimum atomic E-state index is 0.298. The molecule has 4 atom stereocenters. The van der Waals surface area contributed by atoms with E-state index in [1.807, 2.05) is 0 Å². The first kappa shape index (κ1) is 7.14. The molecule has 11 heavy (non-hydrogen) atoms. The summed E-state index contributed by atoms with van der Waals surface area (Å²) in [4.78, 5) is 11.3. The van der Waals surface area contributed by atoms with Crippen LogP contribution in [0.5, 0.6) is 0 Å². The lowest BCUT2D eigenvalue weighted by atomic mass is 10.3. The van der Waals surface area contributed by atoms with E-state index in [1.54, 1.807) is 0 Å². The van der Waals surface area contributed by atoms with Gasteiger partial charge in [-0.05, 0) is 24.7 Å². The Morgan fingerprint density at radius 3 is 2.18 bits per heavy atom. The maximum atomic E-state index is 11.3. The van der Waals surface area contributed by atoms with Gasteiger partial charge >= 0.3 is 0 Å². The van der Waals surface area contributed by atoms with Crippen LogP contribution in [0.4, 0.5) is 0 Å². The maximum absolute atomic E-state index is 11.3. The third-order valence-corrected chi connectivity index (χ3v) is 2.88. The Bertz CT molecular complexity index is 190. The third-order valence-electron chi connectivity index (χ3n) is 2.88. The predicted octanol–water partition coefficient (Wildman–Crippen LogP) is 1.17. The van der Waals surface area contributed by atoms with Crippen LogP contribution in [0.3, 0.4) is 0 Å². The minimum absolute atomic E-state index is 0.298. The smallest absolute Gasteiger partial charge is 0.223 e. The van der Waals surface area contributed by atoms with E-state index in [2.05, 4.69) is 19.2 Å². The number of carbonyl (C=O) groups is 1. The average Bonchev–Trinajstić information content (AvgIpc) is 2.76. The van der Waals surface area contributed by atoms with Crippen LogP contribution in [-0.4, -0.2) is 11.9 Å². The Morgan fingerprint density at radius 2 is 1.82 bits per heavy atom. The molecule has 0 radical (unpaired) electrons. The molecule has 0 bridgehead atoms. The van der Waals surface area contributed by atoms with E-state index >= 15 is 0 Å². The van der Waals surface area contributed by atoms with Gasteiger partial charge in [0.2, 0.25) is 5.91 Å². The summed E-state index contributed by atoms with van der Waals surface area (Å²) in [5.74, 6) is 2.02. The van der Waals surface area contributed by atoms with Crippen LogP contribution in [0.15, 0.2) is 0 Å². The van der Waals surface area contributed by atoms with Crippen molar-refractivity contribution in [1.29, 1.82) is 0 Å². The number of amides is 1. The Morgan fingerprint density at radius 1 is 1.27 bits per heavy atom. The zero-order chi connectivity index (χ0) is 8.01. The van der Waals surface area contributed by atoms with Crippen LogP contribution in [0, 0.1) is 17.8 Å². The number of hydrogen-bond donors (Lipinski definition) is 1. The third kappa shape index (κ3) is 1.39. The van der Waals surface area contributed by atoms with Crippen molar-refractivity contribution < 1.29 is 4.79 Å². The van der Waals surface area contributed by atoms with Crippen LogP contribution < -0.4 is 5.32 Å². The summed E-state index contributed by atoms with van der Waals surface area (Å²) in [7, 11) is 0. The molecule has 0 aromatic carbocycles. The van der Waals surface area contributed by atoms with Crippen molar-refractivity contribution in [3.8, 4) is 0 Å². The second kappa shape index (κ2) is 2.23. The second-order valence-corrected chi connectivity index (χ2v) is 4.15. The molecule has 2 fully saturated rings. The molecule has 0 saturated heterocycles. The summed E-state index contributed by atoms with van der Waals surface area (Å²) >= 11 is 0. The molecule has 2 aliphatic carbocycles. The van der Waals surface area contributed by atoms with Crippen molar-refractivity contribution in [2.75, 3.05) is 0 Å². The van der Waals surface area contributed by atoms with Gasteiger partial charge in [-0.15, -0.1) is 0 Å². The molecule has 2 aliphatic rings. The molecule has 2 nitrogen and oxygen atoms in total. The Labute approximate surface area is 67.4 Å². The second-order valence-electron chi connectivity index (χ2n) is 4.15. The van der Waals surface area contributed by atoms with E-state index < -0.39 is 0 Å². The van der Waals surface area contributed by atoms with Gasteiger partial charge in [0.05, 0.1) is 0 Å². The zero-order valence-electron chi connectivity index (χ0n) is 7.13. The molecule has 2 rings (SSSR count). The summed E-state index contributed by atoms with van der Waals surface area (Å²) in [5.41, 5.74) is 0. The molecule has 0 aromatic rings. The number of hydrogen-bond acceptors (Lipinski definition) is 1. The summed E-state index contributed by atoms with van der Waals surface area (Å²) in [6, 6.07) is 0.510. The van der Waals surface area contributed by atoms with E-state index in [4.69, 9.17) is 0 Å². The van der Waals surface area contributed by atoms with Crippen LogP contribution in [0.25, 0.3) is 0 Å². The van der Waals surface area contributed by atoms with Crippen LogP contribution in [-0.2, 0) is 4.79 Å². The standard InChI is InChI=1S/C9H15NO/c1-5-3-7(5)9(11)10-8-4-6(8)2/h5-8H,3-4H2,1-2H3,(H,10,11)/t5-,6?,7-,8?/m0/s1. The lowest BCUT2D eigenvalue weighted by Gasteiger charge is -2.00. The first-order valence-electron chi connectivity index (χ1n) is 4.49. The molecule has 1 amide bonds. The Kier molecular flexibility index (Phi) is 1.44. The molecule has 62 valence electrons. The van der Waals surface area contributed by atoms with Crippen molar-refractivity contribution in [1.82, 2.24) is 5.32 Å². The molecule has 2 heteroatoms. The Hall–Kier alpha value is -0.530. The molecule has 0 aliphatic heterocycles. The highest BCUT2D eigenvalue weighted by molar-refractivity contribution is 5.82. The molecule has 2 unspecified atom stereocenters. The van der Waals surface area contributed by atoms with Crippen LogP contribution in [0.1, 0.15) is 26.7 Å². The number of rotatable bonds is 2. The largest absolute Gasteiger partial charge is 0.353 e. The average molecular weight is 153 g/mol. The Balaban J connectivity index is 1.74. The van der Waals surface area contributed by atoms with E-state index in [1.165, 1.54) is 6.42 Å². The van der Waals surface area contributed by atoms with Crippen molar-refractivity contribution in [3.63, 3.8) is 0 Å². The first-order valence-corrected chi connectivity index (χ1v) is 4.49. The van der Waals surface area contributed by atoms with Gasteiger partial charge in [0.15, 0.2) is 0 Å². The molecule has 2 saturated carbocycles. The summed E-state index contributed by atoms with van der Waals surface area (Å²) in [6.07, 6.45) is 2.29. The molecule has 0 heterocycles. The van der Waals surface area contributed by atoms with Gasteiger partial charge in [0.25, 0.3) is 0 Å². The van der Waals surface area contributed by atoms with Gasteiger partial charge in [-0.1, -0.05) is 13.8 Å². The topological polar surface area (TPSA) is 29.1 Å².